The van der Waals surface area contributed by atoms with E-state index in [1.165, 1.54) is 16.9 Å². The molecule has 34 heavy (non-hydrogen) atoms. The number of hydrogen-bond donors (Lipinski definition) is 1. The third-order valence-corrected chi connectivity index (χ3v) is 6.65. The minimum Gasteiger partial charge on any atom is -0.300 e. The molecule has 4 heterocycles. The van der Waals surface area contributed by atoms with Crippen molar-refractivity contribution in [1.82, 2.24) is 29.5 Å². The van der Waals surface area contributed by atoms with Gasteiger partial charge in [-0.05, 0) is 44.9 Å². The molecule has 172 valence electrons. The molecule has 0 radical (unpaired) electrons. The van der Waals surface area contributed by atoms with Gasteiger partial charge < -0.3 is 5.32 Å². The monoisotopic (exact) mass is 471 g/mol. The van der Waals surface area contributed by atoms with Crippen LogP contribution in [0, 0.1) is 20.8 Å². The molecule has 4 aromatic heterocycles. The molecule has 0 spiro atoms. The van der Waals surface area contributed by atoms with Crippen LogP contribution in [0.2, 0.25) is 0 Å². The van der Waals surface area contributed by atoms with Gasteiger partial charge in [0.15, 0.2) is 10.8 Å². The highest BCUT2D eigenvalue weighted by atomic mass is 32.1. The van der Waals surface area contributed by atoms with E-state index in [9.17, 15) is 4.79 Å². The van der Waals surface area contributed by atoms with Crippen LogP contribution in [0.1, 0.15) is 23.9 Å². The van der Waals surface area contributed by atoms with E-state index in [1.54, 1.807) is 10.9 Å². The first kappa shape index (κ1) is 22.0. The number of aromatic nitrogens is 6. The van der Waals surface area contributed by atoms with Crippen molar-refractivity contribution in [3.8, 4) is 22.4 Å². The van der Waals surface area contributed by atoms with Crippen molar-refractivity contribution in [3.05, 3.63) is 65.1 Å². The first-order valence-corrected chi connectivity index (χ1v) is 12.0. The van der Waals surface area contributed by atoms with Crippen LogP contribution < -0.4 is 5.32 Å². The minimum absolute atomic E-state index is 0.0520. The molecule has 9 heteroatoms. The van der Waals surface area contributed by atoms with Gasteiger partial charge >= 0.3 is 0 Å². The number of fused-ring (bicyclic) bond motifs is 1. The summed E-state index contributed by atoms with van der Waals surface area (Å²) in [4.78, 5) is 22.0. The summed E-state index contributed by atoms with van der Waals surface area (Å²) in [5.41, 5.74) is 7.73. The predicted octanol–water partition coefficient (Wildman–Crippen LogP) is 5.00. The highest BCUT2D eigenvalue weighted by molar-refractivity contribution is 7.14. The van der Waals surface area contributed by atoms with E-state index in [1.807, 2.05) is 36.2 Å². The standard InChI is InChI=1S/C25H25N7OS/c1-5-31-17(4)20(12-27-31)21-14-34-25(28-21)29-22(33)13-32-24-23(16(3)30-32)19(10-11-26-24)18-8-6-15(2)7-9-18/h6-12,14H,5,13H2,1-4H3,(H,28,29,33). The van der Waals surface area contributed by atoms with Gasteiger partial charge in [0.25, 0.3) is 0 Å². The number of benzene rings is 1. The molecular formula is C25H25N7OS. The number of thiazole rings is 1. The molecule has 8 nitrogen and oxygen atoms in total. The zero-order chi connectivity index (χ0) is 23.8. The summed E-state index contributed by atoms with van der Waals surface area (Å²) in [5.74, 6) is -0.200. The molecule has 0 aliphatic heterocycles. The highest BCUT2D eigenvalue weighted by Crippen LogP contribution is 2.30. The molecule has 1 amide bonds. The van der Waals surface area contributed by atoms with Crippen LogP contribution in [0.4, 0.5) is 5.13 Å². The van der Waals surface area contributed by atoms with Crippen molar-refractivity contribution in [2.75, 3.05) is 5.32 Å². The Morgan fingerprint density at radius 1 is 1.06 bits per heavy atom. The Morgan fingerprint density at radius 3 is 2.59 bits per heavy atom. The van der Waals surface area contributed by atoms with Crippen LogP contribution in [0.15, 0.2) is 48.1 Å². The summed E-state index contributed by atoms with van der Waals surface area (Å²) >= 11 is 1.39. The average Bonchev–Trinajstić information content (AvgIpc) is 3.52. The van der Waals surface area contributed by atoms with E-state index < -0.39 is 0 Å². The van der Waals surface area contributed by atoms with Crippen molar-refractivity contribution in [1.29, 1.82) is 0 Å². The average molecular weight is 472 g/mol. The van der Waals surface area contributed by atoms with Gasteiger partial charge in [0.05, 0.1) is 17.6 Å². The van der Waals surface area contributed by atoms with Crippen molar-refractivity contribution in [3.63, 3.8) is 0 Å². The van der Waals surface area contributed by atoms with Gasteiger partial charge in [-0.25, -0.2) is 14.6 Å². The van der Waals surface area contributed by atoms with E-state index in [-0.39, 0.29) is 12.5 Å². The molecule has 0 atom stereocenters. The zero-order valence-electron chi connectivity index (χ0n) is 19.5. The lowest BCUT2D eigenvalue weighted by Gasteiger charge is -2.06. The van der Waals surface area contributed by atoms with E-state index in [4.69, 9.17) is 0 Å². The molecule has 0 aliphatic rings. The van der Waals surface area contributed by atoms with Crippen LogP contribution in [0.25, 0.3) is 33.4 Å². The lowest BCUT2D eigenvalue weighted by molar-refractivity contribution is -0.116. The van der Waals surface area contributed by atoms with Gasteiger partial charge in [0.2, 0.25) is 5.91 Å². The summed E-state index contributed by atoms with van der Waals surface area (Å²) in [5, 5.41) is 15.3. The molecule has 0 aliphatic carbocycles. The molecule has 0 unspecified atom stereocenters. The third kappa shape index (κ3) is 3.99. The van der Waals surface area contributed by atoms with Gasteiger partial charge in [-0.2, -0.15) is 10.2 Å². The normalized spacial score (nSPS) is 11.3. The van der Waals surface area contributed by atoms with E-state index in [0.717, 1.165) is 45.7 Å². The van der Waals surface area contributed by atoms with Crippen LogP contribution in [0.5, 0.6) is 0 Å². The van der Waals surface area contributed by atoms with Crippen molar-refractivity contribution < 1.29 is 4.79 Å². The second-order valence-electron chi connectivity index (χ2n) is 8.21. The van der Waals surface area contributed by atoms with Gasteiger partial charge in [-0.15, -0.1) is 11.3 Å². The molecule has 1 aromatic carbocycles. The molecule has 0 bridgehead atoms. The second kappa shape index (κ2) is 8.83. The highest BCUT2D eigenvalue weighted by Gasteiger charge is 2.17. The number of hydrogen-bond acceptors (Lipinski definition) is 6. The topological polar surface area (TPSA) is 90.5 Å². The molecule has 0 saturated carbocycles. The number of rotatable bonds is 6. The first-order valence-electron chi connectivity index (χ1n) is 11.1. The molecule has 1 N–H and O–H groups in total. The zero-order valence-corrected chi connectivity index (χ0v) is 20.3. The quantitative estimate of drug-likeness (QED) is 0.376. The summed E-state index contributed by atoms with van der Waals surface area (Å²) in [6, 6.07) is 10.4. The summed E-state index contributed by atoms with van der Waals surface area (Å²) in [6.07, 6.45) is 3.58. The van der Waals surface area contributed by atoms with Crippen LogP contribution in [-0.4, -0.2) is 35.4 Å². The maximum absolute atomic E-state index is 12.8. The van der Waals surface area contributed by atoms with Crippen LogP contribution >= 0.6 is 11.3 Å². The minimum atomic E-state index is -0.200. The van der Waals surface area contributed by atoms with Gasteiger partial charge in [0.1, 0.15) is 6.54 Å². The lowest BCUT2D eigenvalue weighted by atomic mass is 10.0. The summed E-state index contributed by atoms with van der Waals surface area (Å²) in [7, 11) is 0. The molecule has 0 saturated heterocycles. The van der Waals surface area contributed by atoms with Gasteiger partial charge in [-0.3, -0.25) is 9.48 Å². The summed E-state index contributed by atoms with van der Waals surface area (Å²) in [6.45, 7) is 8.94. The smallest absolute Gasteiger partial charge is 0.247 e. The van der Waals surface area contributed by atoms with E-state index in [0.29, 0.717) is 10.8 Å². The van der Waals surface area contributed by atoms with E-state index in [2.05, 4.69) is 63.6 Å². The molecular weight excluding hydrogens is 446 g/mol. The fourth-order valence-corrected chi connectivity index (χ4v) is 4.86. The Hall–Kier alpha value is -3.85. The third-order valence-electron chi connectivity index (χ3n) is 5.89. The van der Waals surface area contributed by atoms with E-state index >= 15 is 0 Å². The fraction of sp³-hybridized carbons (Fsp3) is 0.240. The SMILES string of the molecule is CCn1ncc(-c2csc(NC(=O)Cn3nc(C)c4c(-c5ccc(C)cc5)ccnc43)n2)c1C. The Morgan fingerprint density at radius 2 is 1.85 bits per heavy atom. The number of pyridine rings is 1. The van der Waals surface area contributed by atoms with Crippen LogP contribution in [-0.2, 0) is 17.9 Å². The number of nitrogens with one attached hydrogen (secondary N) is 1. The molecule has 0 fully saturated rings. The maximum Gasteiger partial charge on any atom is 0.247 e. The van der Waals surface area contributed by atoms with Crippen molar-refractivity contribution >= 4 is 33.4 Å². The van der Waals surface area contributed by atoms with Crippen molar-refractivity contribution in [2.24, 2.45) is 0 Å². The summed E-state index contributed by atoms with van der Waals surface area (Å²) < 4.78 is 3.58. The predicted molar refractivity (Wildman–Crippen MR) is 135 cm³/mol. The van der Waals surface area contributed by atoms with Gasteiger partial charge in [0, 0.05) is 34.8 Å². The largest absolute Gasteiger partial charge is 0.300 e. The van der Waals surface area contributed by atoms with Crippen molar-refractivity contribution in [2.45, 2.75) is 40.8 Å². The Balaban J connectivity index is 1.37. The lowest BCUT2D eigenvalue weighted by Crippen LogP contribution is -2.19. The number of carbonyl (C=O) groups excluding carboxylic acids is 1. The number of anilines is 1. The van der Waals surface area contributed by atoms with Crippen LogP contribution in [0.3, 0.4) is 0 Å². The number of aryl methyl sites for hydroxylation is 3. The maximum atomic E-state index is 12.8. The molecule has 5 rings (SSSR count). The van der Waals surface area contributed by atoms with Gasteiger partial charge in [-0.1, -0.05) is 29.8 Å². The Kier molecular flexibility index (Phi) is 5.70. The Bertz CT molecular complexity index is 1490. The number of nitrogens with zero attached hydrogens (tertiary/aromatic N) is 6. The number of carbonyl (C=O) groups is 1. The second-order valence-corrected chi connectivity index (χ2v) is 9.07. The molecule has 5 aromatic rings. The fourth-order valence-electron chi connectivity index (χ4n) is 4.13. The Labute approximate surface area is 201 Å². The first-order chi connectivity index (χ1) is 16.4. The number of amides is 1.